The number of benzene rings is 2. The van der Waals surface area contributed by atoms with E-state index in [1.807, 2.05) is 86.7 Å². The van der Waals surface area contributed by atoms with Gasteiger partial charge in [0.1, 0.15) is 0 Å². The molecule has 24 heavy (non-hydrogen) atoms. The van der Waals surface area contributed by atoms with Gasteiger partial charge in [-0.05, 0) is 36.1 Å². The van der Waals surface area contributed by atoms with E-state index in [0.717, 1.165) is 22.3 Å². The SMILES string of the molecule is C/C(=C\c1ccccc1)c1c(/C(C)=C/c2ccccc2)c(=O)c1=O. The molecule has 3 aromatic carbocycles. The molecule has 0 heterocycles. The van der Waals surface area contributed by atoms with E-state index in [1.165, 1.54) is 0 Å². The second-order valence-electron chi connectivity index (χ2n) is 5.88. The van der Waals surface area contributed by atoms with Gasteiger partial charge in [-0.1, -0.05) is 72.8 Å². The Kier molecular flexibility index (Phi) is 4.39. The third-order valence-corrected chi connectivity index (χ3v) is 4.06. The Bertz CT molecular complexity index is 900. The number of allylic oxidation sites excluding steroid dienone is 2. The largest absolute Gasteiger partial charge is 0.285 e. The van der Waals surface area contributed by atoms with Crippen LogP contribution in [0.4, 0.5) is 0 Å². The molecule has 0 saturated carbocycles. The highest BCUT2D eigenvalue weighted by Crippen LogP contribution is 2.24. The van der Waals surface area contributed by atoms with E-state index in [9.17, 15) is 9.59 Å². The molecule has 3 rings (SSSR count). The maximum absolute atomic E-state index is 12.1. The maximum Gasteiger partial charge on any atom is 0.234 e. The molecule has 0 N–H and O–H groups in total. The molecule has 0 unspecified atom stereocenters. The van der Waals surface area contributed by atoms with Crippen molar-refractivity contribution in [3.05, 3.63) is 103 Å². The van der Waals surface area contributed by atoms with E-state index in [1.54, 1.807) is 0 Å². The van der Waals surface area contributed by atoms with Crippen LogP contribution in [0, 0.1) is 0 Å². The van der Waals surface area contributed by atoms with Crippen molar-refractivity contribution >= 4 is 23.3 Å². The lowest BCUT2D eigenvalue weighted by atomic mass is 9.88. The zero-order valence-corrected chi connectivity index (χ0v) is 13.7. The molecule has 0 aliphatic carbocycles. The Morgan fingerprint density at radius 2 is 0.958 bits per heavy atom. The van der Waals surface area contributed by atoms with Crippen molar-refractivity contribution in [2.24, 2.45) is 0 Å². The highest BCUT2D eigenvalue weighted by molar-refractivity contribution is 5.92. The second-order valence-corrected chi connectivity index (χ2v) is 5.88. The molecule has 0 atom stereocenters. The Morgan fingerprint density at radius 3 is 1.29 bits per heavy atom. The van der Waals surface area contributed by atoms with Gasteiger partial charge in [-0.2, -0.15) is 0 Å². The van der Waals surface area contributed by atoms with Gasteiger partial charge in [0, 0.05) is 11.1 Å². The van der Waals surface area contributed by atoms with Crippen molar-refractivity contribution in [3.63, 3.8) is 0 Å². The van der Waals surface area contributed by atoms with Crippen LogP contribution < -0.4 is 10.9 Å². The summed E-state index contributed by atoms with van der Waals surface area (Å²) in [6, 6.07) is 19.6. The van der Waals surface area contributed by atoms with Crippen LogP contribution >= 0.6 is 0 Å². The molecule has 0 aliphatic rings. The molecule has 0 fully saturated rings. The predicted octanol–water partition coefficient (Wildman–Crippen LogP) is 4.40. The van der Waals surface area contributed by atoms with Crippen LogP contribution in [0.1, 0.15) is 36.1 Å². The van der Waals surface area contributed by atoms with Gasteiger partial charge in [-0.3, -0.25) is 9.59 Å². The van der Waals surface area contributed by atoms with E-state index in [0.29, 0.717) is 11.1 Å². The van der Waals surface area contributed by atoms with Crippen molar-refractivity contribution in [2.45, 2.75) is 13.8 Å². The van der Waals surface area contributed by atoms with Crippen LogP contribution in [-0.2, 0) is 0 Å². The predicted molar refractivity (Wildman–Crippen MR) is 101 cm³/mol. The topological polar surface area (TPSA) is 34.1 Å². The van der Waals surface area contributed by atoms with Gasteiger partial charge < -0.3 is 0 Å². The molecule has 0 saturated heterocycles. The van der Waals surface area contributed by atoms with E-state index < -0.39 is 10.9 Å². The summed E-state index contributed by atoms with van der Waals surface area (Å²) in [4.78, 5) is 24.2. The first-order valence-corrected chi connectivity index (χ1v) is 7.88. The fourth-order valence-electron chi connectivity index (χ4n) is 2.89. The van der Waals surface area contributed by atoms with Crippen molar-refractivity contribution in [3.8, 4) is 0 Å². The van der Waals surface area contributed by atoms with Crippen LogP contribution in [0.5, 0.6) is 0 Å². The summed E-state index contributed by atoms with van der Waals surface area (Å²) in [5.41, 5.74) is 3.95. The summed E-state index contributed by atoms with van der Waals surface area (Å²) in [5.74, 6) is 0. The summed E-state index contributed by atoms with van der Waals surface area (Å²) in [6.45, 7) is 3.75. The van der Waals surface area contributed by atoms with Crippen LogP contribution in [0.2, 0.25) is 0 Å². The van der Waals surface area contributed by atoms with Gasteiger partial charge in [-0.15, -0.1) is 0 Å². The molecule has 0 radical (unpaired) electrons. The van der Waals surface area contributed by atoms with Gasteiger partial charge in [0.05, 0.1) is 0 Å². The minimum absolute atomic E-state index is 0.393. The maximum atomic E-state index is 12.1. The van der Waals surface area contributed by atoms with E-state index >= 15 is 0 Å². The fraction of sp³-hybridized carbons (Fsp3) is 0.0909. The normalized spacial score (nSPS) is 12.6. The molecular weight excluding hydrogens is 296 g/mol. The third kappa shape index (κ3) is 3.04. The van der Waals surface area contributed by atoms with Gasteiger partial charge >= 0.3 is 0 Å². The summed E-state index contributed by atoms with van der Waals surface area (Å²) in [7, 11) is 0. The van der Waals surface area contributed by atoms with Gasteiger partial charge in [0.15, 0.2) is 0 Å². The van der Waals surface area contributed by atoms with E-state index in [4.69, 9.17) is 0 Å². The van der Waals surface area contributed by atoms with E-state index in [-0.39, 0.29) is 0 Å². The smallest absolute Gasteiger partial charge is 0.234 e. The zero-order chi connectivity index (χ0) is 17.1. The quantitative estimate of drug-likeness (QED) is 0.669. The van der Waals surface area contributed by atoms with Crippen LogP contribution in [0.3, 0.4) is 0 Å². The van der Waals surface area contributed by atoms with Crippen molar-refractivity contribution in [2.75, 3.05) is 0 Å². The Hall–Kier alpha value is -3.00. The Morgan fingerprint density at radius 1 is 0.625 bits per heavy atom. The number of hydrogen-bond donors (Lipinski definition) is 0. The summed E-state index contributed by atoms with van der Waals surface area (Å²) in [6.07, 6.45) is 3.88. The minimum atomic E-state index is -0.393. The zero-order valence-electron chi connectivity index (χ0n) is 13.7. The average Bonchev–Trinajstić information content (AvgIpc) is 2.60. The minimum Gasteiger partial charge on any atom is -0.285 e. The molecule has 0 amide bonds. The molecule has 3 aromatic rings. The lowest BCUT2D eigenvalue weighted by molar-refractivity contribution is 1.30. The Balaban J connectivity index is 2.02. The number of hydrogen-bond acceptors (Lipinski definition) is 2. The standard InChI is InChI=1S/C22H18O2/c1-15(13-17-9-5-3-6-10-17)19-20(22(24)21(19)23)16(2)14-18-11-7-4-8-12-18/h3-14H,1-2H3/b15-13+,16-14+. The third-order valence-electron chi connectivity index (χ3n) is 4.06. The van der Waals surface area contributed by atoms with Crippen molar-refractivity contribution < 1.29 is 0 Å². The Labute approximate surface area is 141 Å². The molecule has 0 aromatic heterocycles. The molecule has 0 spiro atoms. The van der Waals surface area contributed by atoms with Crippen LogP contribution in [-0.4, -0.2) is 0 Å². The molecule has 2 nitrogen and oxygen atoms in total. The fourth-order valence-corrected chi connectivity index (χ4v) is 2.89. The highest BCUT2D eigenvalue weighted by Gasteiger charge is 2.22. The average molecular weight is 314 g/mol. The van der Waals surface area contributed by atoms with Gasteiger partial charge in [0.25, 0.3) is 0 Å². The van der Waals surface area contributed by atoms with E-state index in [2.05, 4.69) is 0 Å². The first-order chi connectivity index (χ1) is 11.6. The van der Waals surface area contributed by atoms with Crippen LogP contribution in [0.25, 0.3) is 23.3 Å². The summed E-state index contributed by atoms with van der Waals surface area (Å²) < 4.78 is 0. The summed E-state index contributed by atoms with van der Waals surface area (Å²) in [5, 5.41) is 0. The second kappa shape index (κ2) is 6.63. The van der Waals surface area contributed by atoms with Gasteiger partial charge in [0.2, 0.25) is 10.9 Å². The molecule has 0 bridgehead atoms. The van der Waals surface area contributed by atoms with Crippen LogP contribution in [0.15, 0.2) is 70.3 Å². The summed E-state index contributed by atoms with van der Waals surface area (Å²) >= 11 is 0. The lowest BCUT2D eigenvalue weighted by Crippen LogP contribution is -2.38. The van der Waals surface area contributed by atoms with Crippen molar-refractivity contribution in [1.82, 2.24) is 0 Å². The van der Waals surface area contributed by atoms with Gasteiger partial charge in [-0.25, -0.2) is 0 Å². The highest BCUT2D eigenvalue weighted by atomic mass is 16.2. The molecule has 0 aliphatic heterocycles. The first-order valence-electron chi connectivity index (χ1n) is 7.88. The molecular formula is C22H18O2. The molecule has 118 valence electrons. The lowest BCUT2D eigenvalue weighted by Gasteiger charge is -2.12. The first kappa shape index (κ1) is 15.9. The van der Waals surface area contributed by atoms with Crippen molar-refractivity contribution in [1.29, 1.82) is 0 Å². The monoisotopic (exact) mass is 314 g/mol. The number of rotatable bonds is 4. The molecule has 2 heteroatoms.